The highest BCUT2D eigenvalue weighted by molar-refractivity contribution is 5.93. The molecular formula is C20H16N2O5. The molecule has 0 aromatic heterocycles. The van der Waals surface area contributed by atoms with Gasteiger partial charge in [0.15, 0.2) is 12.4 Å². The number of ether oxygens (including phenoxy) is 2. The summed E-state index contributed by atoms with van der Waals surface area (Å²) in [5.74, 6) is 0.971. The Morgan fingerprint density at radius 2 is 1.63 bits per heavy atom. The van der Waals surface area contributed by atoms with Crippen molar-refractivity contribution in [3.63, 3.8) is 0 Å². The van der Waals surface area contributed by atoms with Gasteiger partial charge in [0.1, 0.15) is 11.5 Å². The van der Waals surface area contributed by atoms with Crippen LogP contribution in [0.15, 0.2) is 78.9 Å². The molecule has 0 saturated carbocycles. The lowest BCUT2D eigenvalue weighted by Crippen LogP contribution is -2.20. The van der Waals surface area contributed by atoms with Crippen LogP contribution in [0.4, 0.5) is 11.4 Å². The summed E-state index contributed by atoms with van der Waals surface area (Å²) in [6.45, 7) is -0.291. The summed E-state index contributed by atoms with van der Waals surface area (Å²) in [6.07, 6.45) is 0. The molecule has 7 heteroatoms. The van der Waals surface area contributed by atoms with E-state index in [1.54, 1.807) is 30.3 Å². The first-order chi connectivity index (χ1) is 13.1. The molecule has 136 valence electrons. The smallest absolute Gasteiger partial charge is 0.273 e. The van der Waals surface area contributed by atoms with Gasteiger partial charge in [0.05, 0.1) is 16.7 Å². The molecule has 0 aliphatic heterocycles. The fourth-order valence-corrected chi connectivity index (χ4v) is 2.30. The van der Waals surface area contributed by atoms with Gasteiger partial charge in [-0.15, -0.1) is 0 Å². The first-order valence-corrected chi connectivity index (χ1v) is 8.11. The van der Waals surface area contributed by atoms with Gasteiger partial charge in [-0.3, -0.25) is 14.9 Å². The van der Waals surface area contributed by atoms with Crippen molar-refractivity contribution in [3.8, 4) is 17.2 Å². The predicted octanol–water partition coefficient (Wildman–Crippen LogP) is 4.40. The zero-order valence-electron chi connectivity index (χ0n) is 14.2. The zero-order valence-corrected chi connectivity index (χ0v) is 14.2. The fourth-order valence-electron chi connectivity index (χ4n) is 2.30. The zero-order chi connectivity index (χ0) is 19.1. The quantitative estimate of drug-likeness (QED) is 0.495. The van der Waals surface area contributed by atoms with Crippen molar-refractivity contribution in [2.24, 2.45) is 0 Å². The van der Waals surface area contributed by atoms with Gasteiger partial charge >= 0.3 is 0 Å². The summed E-state index contributed by atoms with van der Waals surface area (Å²) in [5, 5.41) is 13.5. The number of hydrogen-bond donors (Lipinski definition) is 1. The summed E-state index contributed by atoms with van der Waals surface area (Å²) in [7, 11) is 0. The second kappa shape index (κ2) is 8.48. The molecule has 0 aliphatic rings. The number of rotatable bonds is 7. The molecule has 0 bridgehead atoms. The minimum atomic E-state index is -0.524. The minimum Gasteiger partial charge on any atom is -0.484 e. The maximum absolute atomic E-state index is 12.2. The number of para-hydroxylation sites is 3. The molecule has 0 fully saturated rings. The van der Waals surface area contributed by atoms with E-state index in [-0.39, 0.29) is 18.0 Å². The van der Waals surface area contributed by atoms with Gasteiger partial charge in [-0.2, -0.15) is 0 Å². The molecule has 1 N–H and O–H groups in total. The average molecular weight is 364 g/mol. The Bertz CT molecular complexity index is 944. The fraction of sp³-hybridized carbons (Fsp3) is 0.0500. The van der Waals surface area contributed by atoms with Crippen LogP contribution in [0.25, 0.3) is 0 Å². The third kappa shape index (κ3) is 5.05. The maximum Gasteiger partial charge on any atom is 0.273 e. The first-order valence-electron chi connectivity index (χ1n) is 8.11. The maximum atomic E-state index is 12.2. The normalized spacial score (nSPS) is 10.1. The molecule has 0 atom stereocenters. The number of nitro groups is 1. The molecule has 3 aromatic rings. The number of non-ortho nitro benzene ring substituents is 1. The van der Waals surface area contributed by atoms with Crippen molar-refractivity contribution < 1.29 is 19.2 Å². The van der Waals surface area contributed by atoms with Crippen LogP contribution in [0.2, 0.25) is 0 Å². The summed E-state index contributed by atoms with van der Waals surface area (Å²) in [6, 6.07) is 21.9. The van der Waals surface area contributed by atoms with Crippen LogP contribution >= 0.6 is 0 Å². The van der Waals surface area contributed by atoms with E-state index in [0.717, 1.165) is 0 Å². The summed E-state index contributed by atoms with van der Waals surface area (Å²) >= 11 is 0. The molecule has 7 nitrogen and oxygen atoms in total. The third-order valence-electron chi connectivity index (χ3n) is 3.53. The van der Waals surface area contributed by atoms with Gasteiger partial charge in [0, 0.05) is 6.07 Å². The van der Waals surface area contributed by atoms with Gasteiger partial charge in [0.2, 0.25) is 0 Å². The second-order valence-electron chi connectivity index (χ2n) is 5.50. The summed E-state index contributed by atoms with van der Waals surface area (Å²) < 4.78 is 11.1. The van der Waals surface area contributed by atoms with E-state index in [1.807, 2.05) is 30.3 Å². The Morgan fingerprint density at radius 3 is 2.41 bits per heavy atom. The molecule has 3 aromatic carbocycles. The standard InChI is InChI=1S/C20H16N2O5/c23-20(14-26-17-10-6-7-15(13-17)22(24)25)21-18-11-4-5-12-19(18)27-16-8-2-1-3-9-16/h1-13H,14H2,(H,21,23). The molecule has 0 radical (unpaired) electrons. The van der Waals surface area contributed by atoms with E-state index in [0.29, 0.717) is 17.2 Å². The van der Waals surface area contributed by atoms with Crippen LogP contribution < -0.4 is 14.8 Å². The van der Waals surface area contributed by atoms with Gasteiger partial charge in [-0.25, -0.2) is 0 Å². The first kappa shape index (κ1) is 17.9. The van der Waals surface area contributed by atoms with Crippen LogP contribution in [0.1, 0.15) is 0 Å². The van der Waals surface area contributed by atoms with Gasteiger partial charge in [-0.05, 0) is 30.3 Å². The number of carbonyl (C=O) groups is 1. The van der Waals surface area contributed by atoms with Crippen molar-refractivity contribution in [1.29, 1.82) is 0 Å². The van der Waals surface area contributed by atoms with E-state index >= 15 is 0 Å². The van der Waals surface area contributed by atoms with Crippen LogP contribution in [0, 0.1) is 10.1 Å². The van der Waals surface area contributed by atoms with Crippen molar-refractivity contribution in [2.75, 3.05) is 11.9 Å². The summed E-state index contributed by atoms with van der Waals surface area (Å²) in [4.78, 5) is 22.4. The lowest BCUT2D eigenvalue weighted by molar-refractivity contribution is -0.384. The van der Waals surface area contributed by atoms with E-state index in [1.165, 1.54) is 18.2 Å². The number of amides is 1. The minimum absolute atomic E-state index is 0.102. The number of benzene rings is 3. The van der Waals surface area contributed by atoms with Crippen LogP contribution in [0.5, 0.6) is 17.2 Å². The average Bonchev–Trinajstić information content (AvgIpc) is 2.69. The van der Waals surface area contributed by atoms with Crippen LogP contribution in [-0.2, 0) is 4.79 Å². The highest BCUT2D eigenvalue weighted by atomic mass is 16.6. The van der Waals surface area contributed by atoms with E-state index in [9.17, 15) is 14.9 Å². The molecule has 0 unspecified atom stereocenters. The number of anilines is 1. The van der Waals surface area contributed by atoms with Crippen molar-refractivity contribution in [3.05, 3.63) is 89.0 Å². The largest absolute Gasteiger partial charge is 0.484 e. The van der Waals surface area contributed by atoms with Gasteiger partial charge < -0.3 is 14.8 Å². The van der Waals surface area contributed by atoms with Crippen molar-refractivity contribution in [2.45, 2.75) is 0 Å². The molecule has 0 aliphatic carbocycles. The molecular weight excluding hydrogens is 348 g/mol. The predicted molar refractivity (Wildman–Crippen MR) is 100 cm³/mol. The monoisotopic (exact) mass is 364 g/mol. The Kier molecular flexibility index (Phi) is 5.64. The molecule has 0 spiro atoms. The van der Waals surface area contributed by atoms with Crippen LogP contribution in [-0.4, -0.2) is 17.4 Å². The van der Waals surface area contributed by atoms with Crippen molar-refractivity contribution >= 4 is 17.3 Å². The van der Waals surface area contributed by atoms with Gasteiger partial charge in [0.25, 0.3) is 11.6 Å². The Hall–Kier alpha value is -3.87. The highest BCUT2D eigenvalue weighted by Gasteiger charge is 2.11. The Labute approximate surface area is 155 Å². The van der Waals surface area contributed by atoms with E-state index in [4.69, 9.17) is 9.47 Å². The number of nitrogens with one attached hydrogen (secondary N) is 1. The highest BCUT2D eigenvalue weighted by Crippen LogP contribution is 2.29. The SMILES string of the molecule is O=C(COc1cccc([N+](=O)[O-])c1)Nc1ccccc1Oc1ccccc1. The number of nitro benzene ring substituents is 1. The summed E-state index contributed by atoms with van der Waals surface area (Å²) in [5.41, 5.74) is 0.392. The second-order valence-corrected chi connectivity index (χ2v) is 5.50. The Morgan fingerprint density at radius 1 is 0.926 bits per heavy atom. The number of nitrogens with zero attached hydrogens (tertiary/aromatic N) is 1. The molecule has 0 heterocycles. The third-order valence-corrected chi connectivity index (χ3v) is 3.53. The van der Waals surface area contributed by atoms with Crippen LogP contribution in [0.3, 0.4) is 0 Å². The van der Waals surface area contributed by atoms with E-state index in [2.05, 4.69) is 5.32 Å². The van der Waals surface area contributed by atoms with E-state index < -0.39 is 10.8 Å². The molecule has 1 amide bonds. The topological polar surface area (TPSA) is 90.7 Å². The number of hydrogen-bond acceptors (Lipinski definition) is 5. The molecule has 3 rings (SSSR count). The van der Waals surface area contributed by atoms with Gasteiger partial charge in [-0.1, -0.05) is 36.4 Å². The number of carbonyl (C=O) groups excluding carboxylic acids is 1. The van der Waals surface area contributed by atoms with Crippen molar-refractivity contribution in [1.82, 2.24) is 0 Å². The lowest BCUT2D eigenvalue weighted by atomic mass is 10.3. The molecule has 27 heavy (non-hydrogen) atoms. The molecule has 0 saturated heterocycles. The lowest BCUT2D eigenvalue weighted by Gasteiger charge is -2.12. The Balaban J connectivity index is 1.63.